The number of fused-ring (bicyclic) bond motifs is 2. The van der Waals surface area contributed by atoms with Crippen LogP contribution >= 0.6 is 0 Å². The topological polar surface area (TPSA) is 61.2 Å². The Kier molecular flexibility index (Phi) is 6.03. The number of benzene rings is 2. The summed E-state index contributed by atoms with van der Waals surface area (Å²) in [7, 11) is 1.68. The third kappa shape index (κ3) is 4.18. The molecule has 6 nitrogen and oxygen atoms in total. The maximum absolute atomic E-state index is 6.07. The normalized spacial score (nSPS) is 13.2. The molecule has 5 rings (SSSR count). The minimum absolute atomic E-state index is 0.469. The van der Waals surface area contributed by atoms with E-state index in [0.717, 1.165) is 54.1 Å². The minimum Gasteiger partial charge on any atom is -0.476 e. The third-order valence-corrected chi connectivity index (χ3v) is 5.89. The fraction of sp³-hybridized carbons (Fsp3) is 0.308. The zero-order valence-electron chi connectivity index (χ0n) is 18.4. The van der Waals surface area contributed by atoms with Crippen LogP contribution in [0.25, 0.3) is 16.9 Å². The number of ether oxygens (including phenoxy) is 2. The lowest BCUT2D eigenvalue weighted by Crippen LogP contribution is -2.16. The molecule has 0 saturated heterocycles. The van der Waals surface area contributed by atoms with Crippen molar-refractivity contribution in [3.63, 3.8) is 0 Å². The van der Waals surface area contributed by atoms with Crippen LogP contribution in [-0.2, 0) is 24.1 Å². The number of nitrogens with one attached hydrogen (secondary N) is 1. The van der Waals surface area contributed by atoms with Gasteiger partial charge in [0.15, 0.2) is 0 Å². The molecule has 6 heteroatoms. The lowest BCUT2D eigenvalue weighted by atomic mass is 9.96. The maximum atomic E-state index is 6.07. The Balaban J connectivity index is 1.57. The Hall–Kier alpha value is -3.38. The molecule has 0 aliphatic heterocycles. The van der Waals surface area contributed by atoms with E-state index in [1.54, 1.807) is 7.11 Å². The van der Waals surface area contributed by atoms with E-state index in [-0.39, 0.29) is 0 Å². The molecule has 2 aromatic carbocycles. The lowest BCUT2D eigenvalue weighted by molar-refractivity contribution is 0.143. The van der Waals surface area contributed by atoms with E-state index in [1.165, 1.54) is 17.5 Å². The highest BCUT2D eigenvalue weighted by Crippen LogP contribution is 2.32. The monoisotopic (exact) mass is 428 g/mol. The first-order chi connectivity index (χ1) is 15.8. The summed E-state index contributed by atoms with van der Waals surface area (Å²) in [6, 6.07) is 20.7. The summed E-state index contributed by atoms with van der Waals surface area (Å²) in [4.78, 5) is 10.0. The van der Waals surface area contributed by atoms with Gasteiger partial charge in [-0.2, -0.15) is 4.98 Å². The van der Waals surface area contributed by atoms with E-state index in [0.29, 0.717) is 19.2 Å². The summed E-state index contributed by atoms with van der Waals surface area (Å²) in [5.41, 5.74) is 4.64. The lowest BCUT2D eigenvalue weighted by Gasteiger charge is -2.21. The van der Waals surface area contributed by atoms with Crippen LogP contribution in [0.1, 0.15) is 29.7 Å². The molecule has 0 saturated carbocycles. The number of hydrogen-bond acceptors (Lipinski definition) is 5. The average Bonchev–Trinajstić information content (AvgIpc) is 3.21. The van der Waals surface area contributed by atoms with Gasteiger partial charge in [0.05, 0.1) is 17.8 Å². The Morgan fingerprint density at radius 3 is 2.62 bits per heavy atom. The highest BCUT2D eigenvalue weighted by atomic mass is 16.5. The van der Waals surface area contributed by atoms with E-state index in [2.05, 4.69) is 41.7 Å². The van der Waals surface area contributed by atoms with E-state index in [4.69, 9.17) is 19.4 Å². The zero-order valence-corrected chi connectivity index (χ0v) is 18.4. The summed E-state index contributed by atoms with van der Waals surface area (Å²) >= 11 is 0. The summed E-state index contributed by atoms with van der Waals surface area (Å²) in [5.74, 6) is 2.30. The Morgan fingerprint density at radius 1 is 0.938 bits per heavy atom. The molecular formula is C26H28N4O2. The fourth-order valence-electron chi connectivity index (χ4n) is 4.28. The van der Waals surface area contributed by atoms with Crippen LogP contribution in [0, 0.1) is 0 Å². The molecule has 4 aromatic rings. The number of aryl methyl sites for hydroxylation is 1. The van der Waals surface area contributed by atoms with Crippen molar-refractivity contribution in [2.24, 2.45) is 0 Å². The zero-order chi connectivity index (χ0) is 21.8. The number of anilines is 1. The second-order valence-corrected chi connectivity index (χ2v) is 8.06. The van der Waals surface area contributed by atoms with Crippen molar-refractivity contribution in [3.05, 3.63) is 77.5 Å². The van der Waals surface area contributed by atoms with Gasteiger partial charge in [-0.05, 0) is 37.3 Å². The first-order valence-electron chi connectivity index (χ1n) is 11.2. The number of nitrogens with zero attached hydrogens (tertiary/aromatic N) is 3. The first kappa shape index (κ1) is 20.5. The molecule has 0 amide bonds. The Bertz CT molecular complexity index is 1200. The van der Waals surface area contributed by atoms with E-state index in [1.807, 2.05) is 28.8 Å². The van der Waals surface area contributed by atoms with Gasteiger partial charge < -0.3 is 14.8 Å². The summed E-state index contributed by atoms with van der Waals surface area (Å²) in [6.45, 7) is 1.72. The van der Waals surface area contributed by atoms with Crippen LogP contribution in [0.5, 0.6) is 5.88 Å². The quantitative estimate of drug-likeness (QED) is 0.403. The van der Waals surface area contributed by atoms with Crippen LogP contribution in [0.4, 0.5) is 5.82 Å². The van der Waals surface area contributed by atoms with Crippen molar-refractivity contribution in [1.29, 1.82) is 0 Å². The van der Waals surface area contributed by atoms with Crippen LogP contribution in [0.3, 0.4) is 0 Å². The minimum atomic E-state index is 0.469. The van der Waals surface area contributed by atoms with E-state index < -0.39 is 0 Å². The summed E-state index contributed by atoms with van der Waals surface area (Å²) < 4.78 is 13.3. The van der Waals surface area contributed by atoms with Crippen LogP contribution in [0.15, 0.2) is 60.7 Å². The van der Waals surface area contributed by atoms with Crippen molar-refractivity contribution < 1.29 is 9.47 Å². The van der Waals surface area contributed by atoms with Crippen molar-refractivity contribution >= 4 is 16.7 Å². The Labute approximate surface area is 188 Å². The van der Waals surface area contributed by atoms with E-state index >= 15 is 0 Å². The molecule has 32 heavy (non-hydrogen) atoms. The van der Waals surface area contributed by atoms with E-state index in [9.17, 15) is 0 Å². The molecule has 2 heterocycles. The van der Waals surface area contributed by atoms with Crippen molar-refractivity contribution in [1.82, 2.24) is 14.5 Å². The maximum Gasteiger partial charge on any atom is 0.239 e. The van der Waals surface area contributed by atoms with Gasteiger partial charge in [0.2, 0.25) is 11.8 Å². The van der Waals surface area contributed by atoms with Crippen molar-refractivity contribution in [2.45, 2.75) is 32.2 Å². The molecule has 1 aliphatic carbocycles. The molecule has 0 radical (unpaired) electrons. The molecule has 0 atom stereocenters. The second kappa shape index (κ2) is 9.40. The number of para-hydroxylation sites is 1. The molecule has 164 valence electrons. The van der Waals surface area contributed by atoms with Gasteiger partial charge in [0.1, 0.15) is 12.4 Å². The van der Waals surface area contributed by atoms with Gasteiger partial charge >= 0.3 is 0 Å². The Morgan fingerprint density at radius 2 is 1.75 bits per heavy atom. The predicted octanol–water partition coefficient (Wildman–Crippen LogP) is 4.94. The molecule has 0 spiro atoms. The summed E-state index contributed by atoms with van der Waals surface area (Å²) in [6.07, 6.45) is 4.32. The molecule has 0 fully saturated rings. The molecule has 2 aromatic heterocycles. The SMILES string of the molecule is COCCOc1cc2ccccc2n1-c1nc2c(c(NCc3ccccc3)n1)CCCC2. The number of rotatable bonds is 8. The highest BCUT2D eigenvalue weighted by Gasteiger charge is 2.21. The van der Waals surface area contributed by atoms with Gasteiger partial charge in [-0.3, -0.25) is 0 Å². The smallest absolute Gasteiger partial charge is 0.239 e. The van der Waals surface area contributed by atoms with Gasteiger partial charge in [-0.25, -0.2) is 9.55 Å². The fourth-order valence-corrected chi connectivity index (χ4v) is 4.28. The largest absolute Gasteiger partial charge is 0.476 e. The molecule has 1 aliphatic rings. The predicted molar refractivity (Wildman–Crippen MR) is 127 cm³/mol. The van der Waals surface area contributed by atoms with Crippen LogP contribution in [-0.4, -0.2) is 34.9 Å². The number of methoxy groups -OCH3 is 1. The van der Waals surface area contributed by atoms with Gasteiger partial charge in [-0.1, -0.05) is 48.5 Å². The highest BCUT2D eigenvalue weighted by molar-refractivity contribution is 5.84. The van der Waals surface area contributed by atoms with Crippen LogP contribution in [0.2, 0.25) is 0 Å². The molecule has 1 N–H and O–H groups in total. The van der Waals surface area contributed by atoms with Gasteiger partial charge in [0.25, 0.3) is 0 Å². The number of aromatic nitrogens is 3. The first-order valence-corrected chi connectivity index (χ1v) is 11.2. The molecular weight excluding hydrogens is 400 g/mol. The van der Waals surface area contributed by atoms with Gasteiger partial charge in [-0.15, -0.1) is 0 Å². The second-order valence-electron chi connectivity index (χ2n) is 8.06. The van der Waals surface area contributed by atoms with Crippen molar-refractivity contribution in [3.8, 4) is 11.8 Å². The van der Waals surface area contributed by atoms with Crippen molar-refractivity contribution in [2.75, 3.05) is 25.6 Å². The van der Waals surface area contributed by atoms with Crippen LogP contribution < -0.4 is 10.1 Å². The number of hydrogen-bond donors (Lipinski definition) is 1. The summed E-state index contributed by atoms with van der Waals surface area (Å²) in [5, 5.41) is 4.68. The van der Waals surface area contributed by atoms with Gasteiger partial charge in [0, 0.05) is 30.7 Å². The molecule has 0 bridgehead atoms. The third-order valence-electron chi connectivity index (χ3n) is 5.89. The average molecular weight is 429 g/mol. The standard InChI is InChI=1S/C26H28N4O2/c1-31-15-16-32-24-17-20-11-5-8-14-23(20)30(24)26-28-22-13-7-6-12-21(22)25(29-26)27-18-19-9-3-2-4-10-19/h2-5,8-11,14,17H,6-7,12-13,15-16,18H2,1H3,(H,27,28,29). The molecule has 0 unspecified atom stereocenters.